The molecular formula is C23H25ClN2O3. The van der Waals surface area contributed by atoms with Gasteiger partial charge in [-0.25, -0.2) is 4.79 Å². The van der Waals surface area contributed by atoms with Crippen LogP contribution >= 0.6 is 11.6 Å². The van der Waals surface area contributed by atoms with E-state index in [9.17, 15) is 4.79 Å². The zero-order valence-electron chi connectivity index (χ0n) is 16.5. The summed E-state index contributed by atoms with van der Waals surface area (Å²) in [6.07, 6.45) is 4.50. The Morgan fingerprint density at radius 3 is 2.72 bits per heavy atom. The lowest BCUT2D eigenvalue weighted by Gasteiger charge is -2.25. The minimum absolute atomic E-state index is 0.229. The number of carbonyl (C=O) groups is 1. The van der Waals surface area contributed by atoms with Gasteiger partial charge in [0.1, 0.15) is 6.61 Å². The molecule has 0 unspecified atom stereocenters. The third-order valence-electron chi connectivity index (χ3n) is 4.66. The Hall–Kier alpha value is -2.63. The fourth-order valence-electron chi connectivity index (χ4n) is 3.22. The van der Waals surface area contributed by atoms with E-state index < -0.39 is 0 Å². The van der Waals surface area contributed by atoms with E-state index in [1.54, 1.807) is 6.21 Å². The van der Waals surface area contributed by atoms with Crippen molar-refractivity contribution in [3.05, 3.63) is 70.8 Å². The van der Waals surface area contributed by atoms with Gasteiger partial charge in [0.25, 0.3) is 0 Å². The monoisotopic (exact) mass is 412 g/mol. The minimum Gasteiger partial charge on any atom is -0.463 e. The van der Waals surface area contributed by atoms with E-state index in [1.807, 2.05) is 61.5 Å². The van der Waals surface area contributed by atoms with Crippen LogP contribution < -0.4 is 0 Å². The molecule has 29 heavy (non-hydrogen) atoms. The van der Waals surface area contributed by atoms with Crippen LogP contribution in [0.15, 0.2) is 65.3 Å². The third-order valence-corrected chi connectivity index (χ3v) is 4.99. The van der Waals surface area contributed by atoms with Crippen LogP contribution in [0.4, 0.5) is 0 Å². The first-order valence-corrected chi connectivity index (χ1v) is 10.1. The van der Waals surface area contributed by atoms with Crippen LogP contribution in [-0.4, -0.2) is 49.9 Å². The molecule has 0 N–H and O–H groups in total. The molecule has 6 heteroatoms. The normalized spacial score (nSPS) is 14.6. The fourth-order valence-corrected chi connectivity index (χ4v) is 3.46. The van der Waals surface area contributed by atoms with Gasteiger partial charge in [0.05, 0.1) is 12.8 Å². The molecule has 0 saturated carbocycles. The SMILES string of the molecule is CCOC(=O)C1=CCCN(CCON=Cc2ccccc2-c2ccccc2Cl)C1. The van der Waals surface area contributed by atoms with Crippen LogP contribution in [0.25, 0.3) is 11.1 Å². The maximum atomic E-state index is 11.9. The van der Waals surface area contributed by atoms with Crippen molar-refractivity contribution in [2.45, 2.75) is 13.3 Å². The summed E-state index contributed by atoms with van der Waals surface area (Å²) in [7, 11) is 0. The van der Waals surface area contributed by atoms with Gasteiger partial charge in [-0.05, 0) is 25.0 Å². The van der Waals surface area contributed by atoms with Crippen LogP contribution in [0.5, 0.6) is 0 Å². The number of oxime groups is 1. The Balaban J connectivity index is 1.53. The second kappa shape index (κ2) is 10.8. The minimum atomic E-state index is -0.229. The zero-order valence-corrected chi connectivity index (χ0v) is 17.3. The summed E-state index contributed by atoms with van der Waals surface area (Å²) in [4.78, 5) is 19.5. The molecule has 2 aromatic rings. The van der Waals surface area contributed by atoms with Crippen LogP contribution in [0.3, 0.4) is 0 Å². The summed E-state index contributed by atoms with van der Waals surface area (Å²) >= 11 is 6.34. The summed E-state index contributed by atoms with van der Waals surface area (Å²) in [5, 5.41) is 4.82. The molecule has 0 atom stereocenters. The molecule has 1 aliphatic rings. The second-order valence-corrected chi connectivity index (χ2v) is 7.06. The largest absolute Gasteiger partial charge is 0.463 e. The van der Waals surface area contributed by atoms with Crippen LogP contribution in [0.1, 0.15) is 18.9 Å². The van der Waals surface area contributed by atoms with Crippen LogP contribution in [-0.2, 0) is 14.4 Å². The molecular weight excluding hydrogens is 388 g/mol. The molecule has 0 bridgehead atoms. The van der Waals surface area contributed by atoms with Gasteiger partial charge in [0, 0.05) is 41.4 Å². The summed E-state index contributed by atoms with van der Waals surface area (Å²) in [5.74, 6) is -0.229. The number of rotatable bonds is 8. The number of hydrogen-bond acceptors (Lipinski definition) is 5. The maximum absolute atomic E-state index is 11.9. The predicted octanol–water partition coefficient (Wildman–Crippen LogP) is 4.55. The van der Waals surface area contributed by atoms with Crippen molar-refractivity contribution in [2.24, 2.45) is 5.16 Å². The van der Waals surface area contributed by atoms with Crippen molar-refractivity contribution in [3.63, 3.8) is 0 Å². The molecule has 0 saturated heterocycles. The Morgan fingerprint density at radius 1 is 1.17 bits per heavy atom. The molecule has 5 nitrogen and oxygen atoms in total. The quantitative estimate of drug-likeness (QED) is 0.276. The smallest absolute Gasteiger partial charge is 0.334 e. The average molecular weight is 413 g/mol. The number of carbonyl (C=O) groups excluding carboxylic acids is 1. The fraction of sp³-hybridized carbons (Fsp3) is 0.304. The van der Waals surface area contributed by atoms with Crippen LogP contribution in [0, 0.1) is 0 Å². The molecule has 0 aromatic heterocycles. The summed E-state index contributed by atoms with van der Waals surface area (Å²) in [6, 6.07) is 15.7. The van der Waals surface area contributed by atoms with Crippen molar-refractivity contribution in [1.29, 1.82) is 0 Å². The van der Waals surface area contributed by atoms with Gasteiger partial charge in [0.2, 0.25) is 0 Å². The number of benzene rings is 2. The number of halogens is 1. The molecule has 3 rings (SSSR count). The van der Waals surface area contributed by atoms with Crippen molar-refractivity contribution in [2.75, 3.05) is 32.8 Å². The molecule has 0 amide bonds. The standard InChI is InChI=1S/C23H25ClN2O3/c1-2-28-23(27)19-9-7-13-26(17-19)14-15-29-25-16-18-8-3-4-10-20(18)21-11-5-6-12-22(21)24/h3-6,8-12,16H,2,7,13-15,17H2,1H3. The first-order valence-electron chi connectivity index (χ1n) is 9.76. The van der Waals surface area contributed by atoms with Gasteiger partial charge < -0.3 is 9.57 Å². The topological polar surface area (TPSA) is 51.1 Å². The highest BCUT2D eigenvalue weighted by Crippen LogP contribution is 2.29. The molecule has 0 spiro atoms. The lowest BCUT2D eigenvalue weighted by atomic mass is 10.0. The van der Waals surface area contributed by atoms with Crippen LogP contribution in [0.2, 0.25) is 5.02 Å². The average Bonchev–Trinajstić information content (AvgIpc) is 2.75. The molecule has 1 aliphatic heterocycles. The van der Waals surface area contributed by atoms with Crippen molar-refractivity contribution in [1.82, 2.24) is 4.90 Å². The van der Waals surface area contributed by atoms with E-state index in [-0.39, 0.29) is 5.97 Å². The molecule has 0 fully saturated rings. The zero-order chi connectivity index (χ0) is 20.5. The molecule has 0 radical (unpaired) electrons. The van der Waals surface area contributed by atoms with E-state index in [2.05, 4.69) is 10.1 Å². The van der Waals surface area contributed by atoms with Crippen molar-refractivity contribution < 1.29 is 14.4 Å². The van der Waals surface area contributed by atoms with Gasteiger partial charge in [-0.1, -0.05) is 65.3 Å². The first-order chi connectivity index (χ1) is 14.2. The van der Waals surface area contributed by atoms with Gasteiger partial charge in [0.15, 0.2) is 0 Å². The molecule has 152 valence electrons. The second-order valence-electron chi connectivity index (χ2n) is 6.65. The molecule has 2 aromatic carbocycles. The number of hydrogen-bond donors (Lipinski definition) is 0. The number of esters is 1. The number of nitrogens with zero attached hydrogens (tertiary/aromatic N) is 2. The summed E-state index contributed by atoms with van der Waals surface area (Å²) in [5.41, 5.74) is 3.62. The summed E-state index contributed by atoms with van der Waals surface area (Å²) in [6.45, 7) is 4.83. The Labute approximate surface area is 176 Å². The van der Waals surface area contributed by atoms with Gasteiger partial charge in [-0.15, -0.1) is 0 Å². The van der Waals surface area contributed by atoms with E-state index in [0.717, 1.165) is 35.2 Å². The first kappa shape index (κ1) is 21.1. The lowest BCUT2D eigenvalue weighted by molar-refractivity contribution is -0.139. The number of ether oxygens (including phenoxy) is 1. The van der Waals surface area contributed by atoms with Gasteiger partial charge in [-0.2, -0.15) is 0 Å². The van der Waals surface area contributed by atoms with E-state index in [0.29, 0.717) is 31.3 Å². The highest BCUT2D eigenvalue weighted by molar-refractivity contribution is 6.33. The highest BCUT2D eigenvalue weighted by atomic mass is 35.5. The molecule has 0 aliphatic carbocycles. The van der Waals surface area contributed by atoms with E-state index in [4.69, 9.17) is 21.2 Å². The van der Waals surface area contributed by atoms with E-state index in [1.165, 1.54) is 0 Å². The lowest BCUT2D eigenvalue weighted by Crippen LogP contribution is -2.35. The summed E-state index contributed by atoms with van der Waals surface area (Å²) < 4.78 is 5.08. The highest BCUT2D eigenvalue weighted by Gasteiger charge is 2.18. The van der Waals surface area contributed by atoms with Gasteiger partial charge in [-0.3, -0.25) is 4.90 Å². The van der Waals surface area contributed by atoms with Gasteiger partial charge >= 0.3 is 5.97 Å². The Morgan fingerprint density at radius 2 is 1.93 bits per heavy atom. The molecule has 1 heterocycles. The maximum Gasteiger partial charge on any atom is 0.334 e. The van der Waals surface area contributed by atoms with E-state index >= 15 is 0 Å². The Kier molecular flexibility index (Phi) is 7.85. The third kappa shape index (κ3) is 5.92. The Bertz CT molecular complexity index is 895. The van der Waals surface area contributed by atoms with Crippen molar-refractivity contribution in [3.8, 4) is 11.1 Å². The van der Waals surface area contributed by atoms with Crippen molar-refractivity contribution >= 4 is 23.8 Å². The predicted molar refractivity (Wildman–Crippen MR) is 116 cm³/mol.